The van der Waals surface area contributed by atoms with Crippen LogP contribution in [0.15, 0.2) is 0 Å². The van der Waals surface area contributed by atoms with Gasteiger partial charge in [-0.2, -0.15) is 0 Å². The van der Waals surface area contributed by atoms with Crippen molar-refractivity contribution in [1.29, 1.82) is 0 Å². The lowest BCUT2D eigenvalue weighted by molar-refractivity contribution is 0.127. The van der Waals surface area contributed by atoms with Crippen LogP contribution >= 0.6 is 0 Å². The number of halogens is 1. The van der Waals surface area contributed by atoms with Gasteiger partial charge < -0.3 is 0 Å². The van der Waals surface area contributed by atoms with Crippen molar-refractivity contribution < 1.29 is 4.39 Å². The Morgan fingerprint density at radius 2 is 1.09 bits per heavy atom. The molecule has 3 aliphatic rings. The lowest BCUT2D eigenvalue weighted by Crippen LogP contribution is -2.26. The summed E-state index contributed by atoms with van der Waals surface area (Å²) in [5, 5.41) is 0. The molecule has 0 saturated heterocycles. The SMILES string of the molecule is CCCCC1CCC(CCC2CCC(CCC3(CCCCCF)CCCCC3)CC2)CC1. The molecule has 0 nitrogen and oxygen atoms in total. The first-order valence-electron chi connectivity index (χ1n) is 15.3. The Balaban J connectivity index is 1.29. The minimum atomic E-state index is -0.115. The van der Waals surface area contributed by atoms with Crippen molar-refractivity contribution >= 4 is 0 Å². The highest BCUT2D eigenvalue weighted by molar-refractivity contribution is 4.85. The average molecular weight is 449 g/mol. The van der Waals surface area contributed by atoms with Gasteiger partial charge in [-0.05, 0) is 67.6 Å². The third-order valence-electron chi connectivity index (χ3n) is 10.2. The summed E-state index contributed by atoms with van der Waals surface area (Å²) >= 11 is 0. The normalized spacial score (nSPS) is 30.9. The second-order valence-corrected chi connectivity index (χ2v) is 12.6. The summed E-state index contributed by atoms with van der Waals surface area (Å²) in [6.07, 6.45) is 34.5. The van der Waals surface area contributed by atoms with Crippen LogP contribution in [0.25, 0.3) is 0 Å². The van der Waals surface area contributed by atoms with Crippen molar-refractivity contribution in [3.8, 4) is 0 Å². The minimum absolute atomic E-state index is 0.115. The van der Waals surface area contributed by atoms with Crippen molar-refractivity contribution in [3.63, 3.8) is 0 Å². The molecule has 0 aromatic heterocycles. The first kappa shape index (κ1) is 26.5. The Morgan fingerprint density at radius 3 is 1.62 bits per heavy atom. The fourth-order valence-electron chi connectivity index (χ4n) is 7.79. The van der Waals surface area contributed by atoms with Crippen LogP contribution in [0.4, 0.5) is 4.39 Å². The molecule has 0 bridgehead atoms. The molecular weight excluding hydrogens is 391 g/mol. The highest BCUT2D eigenvalue weighted by atomic mass is 19.1. The van der Waals surface area contributed by atoms with Gasteiger partial charge in [-0.1, -0.05) is 122 Å². The Hall–Kier alpha value is -0.0700. The Kier molecular flexibility index (Phi) is 12.5. The molecule has 0 aromatic rings. The van der Waals surface area contributed by atoms with E-state index < -0.39 is 0 Å². The van der Waals surface area contributed by atoms with E-state index in [2.05, 4.69) is 6.92 Å². The predicted molar refractivity (Wildman–Crippen MR) is 139 cm³/mol. The van der Waals surface area contributed by atoms with Gasteiger partial charge in [0.2, 0.25) is 0 Å². The molecule has 1 heteroatoms. The minimum Gasteiger partial charge on any atom is -0.251 e. The summed E-state index contributed by atoms with van der Waals surface area (Å²) in [6.45, 7) is 2.22. The zero-order valence-corrected chi connectivity index (χ0v) is 21.9. The van der Waals surface area contributed by atoms with E-state index in [1.807, 2.05) is 0 Å². The molecule has 0 aliphatic heterocycles. The van der Waals surface area contributed by atoms with E-state index in [0.717, 1.165) is 36.5 Å². The maximum absolute atomic E-state index is 12.5. The van der Waals surface area contributed by atoms with E-state index in [-0.39, 0.29) is 6.67 Å². The second-order valence-electron chi connectivity index (χ2n) is 12.6. The van der Waals surface area contributed by atoms with Crippen LogP contribution in [-0.2, 0) is 0 Å². The van der Waals surface area contributed by atoms with Crippen molar-refractivity contribution in [2.45, 2.75) is 161 Å². The van der Waals surface area contributed by atoms with Crippen LogP contribution in [0.1, 0.15) is 161 Å². The molecule has 0 unspecified atom stereocenters. The molecule has 0 atom stereocenters. The van der Waals surface area contributed by atoms with E-state index in [0.29, 0.717) is 5.41 Å². The van der Waals surface area contributed by atoms with E-state index in [1.165, 1.54) is 141 Å². The number of rotatable bonds is 14. The van der Waals surface area contributed by atoms with Gasteiger partial charge in [-0.3, -0.25) is 4.39 Å². The highest BCUT2D eigenvalue weighted by Crippen LogP contribution is 2.47. The van der Waals surface area contributed by atoms with Gasteiger partial charge in [0.05, 0.1) is 6.67 Å². The number of hydrogen-bond acceptors (Lipinski definition) is 0. The van der Waals surface area contributed by atoms with Crippen LogP contribution < -0.4 is 0 Å². The van der Waals surface area contributed by atoms with Gasteiger partial charge in [0.1, 0.15) is 0 Å². The summed E-state index contributed by atoms with van der Waals surface area (Å²) in [6, 6.07) is 0. The maximum Gasteiger partial charge on any atom is 0.0894 e. The molecule has 3 rings (SSSR count). The van der Waals surface area contributed by atoms with Crippen molar-refractivity contribution in [2.75, 3.05) is 6.67 Å². The molecule has 0 heterocycles. The molecule has 0 N–H and O–H groups in total. The fourth-order valence-corrected chi connectivity index (χ4v) is 7.79. The maximum atomic E-state index is 12.5. The van der Waals surface area contributed by atoms with E-state index >= 15 is 0 Å². The standard InChI is InChI=1S/C31H57F/c1-2-3-10-27-11-13-28(14-12-27)15-16-29-17-19-30(20-18-29)21-25-31(22-6-4-7-23-31)24-8-5-9-26-32/h27-30H,2-26H2,1H3. The fraction of sp³-hybridized carbons (Fsp3) is 1.00. The number of hydrogen-bond donors (Lipinski definition) is 0. The van der Waals surface area contributed by atoms with Crippen molar-refractivity contribution in [1.82, 2.24) is 0 Å². The lowest BCUT2D eigenvalue weighted by atomic mass is 9.66. The zero-order valence-electron chi connectivity index (χ0n) is 21.9. The topological polar surface area (TPSA) is 0 Å². The molecule has 0 radical (unpaired) electrons. The molecular formula is C31H57F. The molecule has 188 valence electrons. The van der Waals surface area contributed by atoms with Crippen molar-refractivity contribution in [3.05, 3.63) is 0 Å². The number of unbranched alkanes of at least 4 members (excludes halogenated alkanes) is 3. The Morgan fingerprint density at radius 1 is 0.562 bits per heavy atom. The summed E-state index contributed by atoms with van der Waals surface area (Å²) in [5.74, 6) is 4.20. The molecule has 32 heavy (non-hydrogen) atoms. The second kappa shape index (κ2) is 15.0. The largest absolute Gasteiger partial charge is 0.251 e. The van der Waals surface area contributed by atoms with E-state index in [9.17, 15) is 4.39 Å². The average Bonchev–Trinajstić information content (AvgIpc) is 2.85. The first-order valence-corrected chi connectivity index (χ1v) is 15.3. The smallest absolute Gasteiger partial charge is 0.0894 e. The Labute approximate surface area is 201 Å². The highest BCUT2D eigenvalue weighted by Gasteiger charge is 2.32. The summed E-state index contributed by atoms with van der Waals surface area (Å²) < 4.78 is 12.5. The molecule has 0 aromatic carbocycles. The van der Waals surface area contributed by atoms with Crippen LogP contribution in [0.5, 0.6) is 0 Å². The zero-order chi connectivity index (χ0) is 22.5. The number of alkyl halides is 1. The van der Waals surface area contributed by atoms with Gasteiger partial charge in [0.15, 0.2) is 0 Å². The van der Waals surface area contributed by atoms with Crippen LogP contribution in [-0.4, -0.2) is 6.67 Å². The van der Waals surface area contributed by atoms with Crippen LogP contribution in [0.2, 0.25) is 0 Å². The lowest BCUT2D eigenvalue weighted by Gasteiger charge is -2.40. The van der Waals surface area contributed by atoms with Crippen molar-refractivity contribution in [2.24, 2.45) is 29.1 Å². The van der Waals surface area contributed by atoms with Crippen LogP contribution in [0.3, 0.4) is 0 Å². The molecule has 0 amide bonds. The first-order chi connectivity index (χ1) is 15.7. The quantitative estimate of drug-likeness (QED) is 0.232. The predicted octanol–water partition coefficient (Wildman–Crippen LogP) is 10.8. The van der Waals surface area contributed by atoms with Gasteiger partial charge in [0, 0.05) is 0 Å². The molecule has 3 fully saturated rings. The van der Waals surface area contributed by atoms with E-state index in [4.69, 9.17) is 0 Å². The van der Waals surface area contributed by atoms with Crippen LogP contribution in [0, 0.1) is 29.1 Å². The third kappa shape index (κ3) is 9.29. The third-order valence-corrected chi connectivity index (χ3v) is 10.2. The summed E-state index contributed by atoms with van der Waals surface area (Å²) in [5.41, 5.74) is 0.640. The molecule has 3 aliphatic carbocycles. The summed E-state index contributed by atoms with van der Waals surface area (Å²) in [7, 11) is 0. The van der Waals surface area contributed by atoms with Gasteiger partial charge in [-0.25, -0.2) is 0 Å². The van der Waals surface area contributed by atoms with Gasteiger partial charge in [0.25, 0.3) is 0 Å². The van der Waals surface area contributed by atoms with E-state index in [1.54, 1.807) is 0 Å². The van der Waals surface area contributed by atoms with Gasteiger partial charge in [-0.15, -0.1) is 0 Å². The summed E-state index contributed by atoms with van der Waals surface area (Å²) in [4.78, 5) is 0. The molecule has 3 saturated carbocycles. The monoisotopic (exact) mass is 448 g/mol. The Bertz CT molecular complexity index is 449. The van der Waals surface area contributed by atoms with Gasteiger partial charge >= 0.3 is 0 Å². The molecule has 0 spiro atoms.